The number of esters is 1. The molecule has 5 heteroatoms. The Balaban J connectivity index is 1.96. The molecule has 2 fully saturated rings. The Hall–Kier alpha value is -1.72. The van der Waals surface area contributed by atoms with Gasteiger partial charge in [0, 0.05) is 19.3 Å². The van der Waals surface area contributed by atoms with Gasteiger partial charge in [0.1, 0.15) is 5.41 Å². The van der Waals surface area contributed by atoms with E-state index in [4.69, 9.17) is 14.2 Å². The van der Waals surface area contributed by atoms with Gasteiger partial charge in [-0.25, -0.2) is 0 Å². The summed E-state index contributed by atoms with van der Waals surface area (Å²) in [6, 6.07) is 9.52. The van der Waals surface area contributed by atoms with Crippen LogP contribution in [0, 0.1) is 5.41 Å². The highest BCUT2D eigenvalue weighted by molar-refractivity contribution is 6.04. The number of hydrogen-bond acceptors (Lipinski definition) is 5. The van der Waals surface area contributed by atoms with E-state index in [1.54, 1.807) is 0 Å². The van der Waals surface area contributed by atoms with E-state index >= 15 is 0 Å². The van der Waals surface area contributed by atoms with E-state index in [9.17, 15) is 9.59 Å². The molecule has 0 radical (unpaired) electrons. The molecule has 0 bridgehead atoms. The van der Waals surface area contributed by atoms with Crippen molar-refractivity contribution >= 4 is 11.8 Å². The average molecular weight is 304 g/mol. The smallest absolute Gasteiger partial charge is 0.319 e. The van der Waals surface area contributed by atoms with Crippen molar-refractivity contribution in [3.8, 4) is 0 Å². The van der Waals surface area contributed by atoms with Gasteiger partial charge in [0.05, 0.1) is 20.3 Å². The molecule has 0 N–H and O–H groups in total. The van der Waals surface area contributed by atoms with Crippen molar-refractivity contribution in [2.24, 2.45) is 5.41 Å². The first kappa shape index (κ1) is 15.2. The largest absolute Gasteiger partial charge is 0.468 e. The third-order valence-electron chi connectivity index (χ3n) is 4.58. The summed E-state index contributed by atoms with van der Waals surface area (Å²) in [6.07, 6.45) is 1.30. The van der Waals surface area contributed by atoms with E-state index in [1.165, 1.54) is 7.11 Å². The molecule has 1 aromatic rings. The van der Waals surface area contributed by atoms with Crippen LogP contribution in [-0.2, 0) is 30.2 Å². The molecule has 1 unspecified atom stereocenters. The van der Waals surface area contributed by atoms with E-state index in [2.05, 4.69) is 0 Å². The van der Waals surface area contributed by atoms with Crippen LogP contribution in [0.5, 0.6) is 0 Å². The van der Waals surface area contributed by atoms with Crippen LogP contribution in [0.3, 0.4) is 0 Å². The Morgan fingerprint density at radius 3 is 2.55 bits per heavy atom. The van der Waals surface area contributed by atoms with E-state index in [1.807, 2.05) is 30.3 Å². The van der Waals surface area contributed by atoms with Crippen LogP contribution >= 0.6 is 0 Å². The molecule has 22 heavy (non-hydrogen) atoms. The first-order chi connectivity index (χ1) is 10.6. The fourth-order valence-corrected chi connectivity index (χ4v) is 3.49. The summed E-state index contributed by atoms with van der Waals surface area (Å²) in [5.41, 5.74) is -0.296. The van der Waals surface area contributed by atoms with Crippen molar-refractivity contribution in [2.75, 3.05) is 20.3 Å². The van der Waals surface area contributed by atoms with Gasteiger partial charge in [0.15, 0.2) is 11.6 Å². The van der Waals surface area contributed by atoms with Gasteiger partial charge in [0.2, 0.25) is 0 Å². The van der Waals surface area contributed by atoms with Crippen LogP contribution < -0.4 is 0 Å². The number of carbonyl (C=O) groups is 2. The van der Waals surface area contributed by atoms with Gasteiger partial charge in [0.25, 0.3) is 0 Å². The lowest BCUT2D eigenvalue weighted by atomic mass is 9.67. The highest BCUT2D eigenvalue weighted by Gasteiger charge is 2.57. The van der Waals surface area contributed by atoms with Gasteiger partial charge in [-0.15, -0.1) is 0 Å². The maximum absolute atomic E-state index is 12.6. The molecule has 1 aliphatic heterocycles. The van der Waals surface area contributed by atoms with Crippen molar-refractivity contribution in [1.82, 2.24) is 0 Å². The van der Waals surface area contributed by atoms with Crippen LogP contribution in [-0.4, -0.2) is 37.9 Å². The first-order valence-electron chi connectivity index (χ1n) is 7.54. The molecule has 1 heterocycles. The predicted molar refractivity (Wildman–Crippen MR) is 78.1 cm³/mol. The van der Waals surface area contributed by atoms with Crippen molar-refractivity contribution in [2.45, 2.75) is 31.5 Å². The summed E-state index contributed by atoms with van der Waals surface area (Å²) in [7, 11) is 1.32. The molecule has 1 atom stereocenters. The third-order valence-corrected chi connectivity index (χ3v) is 4.58. The topological polar surface area (TPSA) is 61.8 Å². The molecular formula is C17H20O5. The van der Waals surface area contributed by atoms with E-state index in [0.717, 1.165) is 5.56 Å². The standard InChI is InChI=1S/C17H20O5/c1-20-15(19)16(11-13-5-3-2-4-6-13)12-17(8-7-14(16)18)21-9-10-22-17/h2-6H,7-12H2,1H3. The maximum atomic E-state index is 12.6. The number of ether oxygens (including phenoxy) is 3. The fourth-order valence-electron chi connectivity index (χ4n) is 3.49. The molecule has 5 nitrogen and oxygen atoms in total. The minimum absolute atomic E-state index is 0.0899. The summed E-state index contributed by atoms with van der Waals surface area (Å²) in [5, 5.41) is 0. The first-order valence-corrected chi connectivity index (χ1v) is 7.54. The molecule has 1 aliphatic carbocycles. The number of Topliss-reactive ketones (excluding diaryl/α,β-unsaturated/α-hetero) is 1. The number of ketones is 1. The number of rotatable bonds is 3. The zero-order valence-corrected chi connectivity index (χ0v) is 12.7. The number of methoxy groups -OCH3 is 1. The van der Waals surface area contributed by atoms with Crippen LogP contribution in [0.25, 0.3) is 0 Å². The zero-order chi connectivity index (χ0) is 15.6. The second kappa shape index (κ2) is 5.82. The average Bonchev–Trinajstić information content (AvgIpc) is 2.99. The number of hydrogen-bond donors (Lipinski definition) is 0. The quantitative estimate of drug-likeness (QED) is 0.630. The molecular weight excluding hydrogens is 284 g/mol. The third kappa shape index (κ3) is 2.55. The van der Waals surface area contributed by atoms with Gasteiger partial charge >= 0.3 is 5.97 Å². The van der Waals surface area contributed by atoms with E-state index in [0.29, 0.717) is 26.1 Å². The molecule has 0 aromatic heterocycles. The molecule has 2 aliphatic rings. The van der Waals surface area contributed by atoms with Gasteiger partial charge in [-0.2, -0.15) is 0 Å². The molecule has 1 spiro atoms. The predicted octanol–water partition coefficient (Wildman–Crippen LogP) is 1.88. The Morgan fingerprint density at radius 1 is 1.23 bits per heavy atom. The maximum Gasteiger partial charge on any atom is 0.319 e. The van der Waals surface area contributed by atoms with Gasteiger partial charge < -0.3 is 14.2 Å². The Bertz CT molecular complexity index is 552. The van der Waals surface area contributed by atoms with E-state index < -0.39 is 17.2 Å². The van der Waals surface area contributed by atoms with Crippen molar-refractivity contribution in [3.63, 3.8) is 0 Å². The van der Waals surface area contributed by atoms with Crippen LogP contribution in [0.15, 0.2) is 30.3 Å². The normalized spacial score (nSPS) is 27.0. The van der Waals surface area contributed by atoms with Crippen LogP contribution in [0.1, 0.15) is 24.8 Å². The minimum atomic E-state index is -1.22. The Kier molecular flexibility index (Phi) is 4.02. The van der Waals surface area contributed by atoms with Gasteiger partial charge in [-0.3, -0.25) is 9.59 Å². The second-order valence-electron chi connectivity index (χ2n) is 5.94. The Labute approximate surface area is 129 Å². The monoisotopic (exact) mass is 304 g/mol. The van der Waals surface area contributed by atoms with Gasteiger partial charge in [-0.05, 0) is 12.0 Å². The second-order valence-corrected chi connectivity index (χ2v) is 5.94. The number of benzene rings is 1. The highest BCUT2D eigenvalue weighted by atomic mass is 16.7. The van der Waals surface area contributed by atoms with Crippen molar-refractivity contribution in [1.29, 1.82) is 0 Å². The Morgan fingerprint density at radius 2 is 1.91 bits per heavy atom. The summed E-state index contributed by atoms with van der Waals surface area (Å²) >= 11 is 0. The van der Waals surface area contributed by atoms with Crippen LogP contribution in [0.2, 0.25) is 0 Å². The van der Waals surface area contributed by atoms with E-state index in [-0.39, 0.29) is 18.6 Å². The molecule has 1 aromatic carbocycles. The molecule has 1 saturated heterocycles. The lowest BCUT2D eigenvalue weighted by molar-refractivity contribution is -0.208. The summed E-state index contributed by atoms with van der Waals surface area (Å²) in [6.45, 7) is 0.994. The lowest BCUT2D eigenvalue weighted by Gasteiger charge is -2.41. The summed E-state index contributed by atoms with van der Waals surface area (Å²) in [4.78, 5) is 25.1. The van der Waals surface area contributed by atoms with Crippen molar-refractivity contribution < 1.29 is 23.8 Å². The van der Waals surface area contributed by atoms with Crippen molar-refractivity contribution in [3.05, 3.63) is 35.9 Å². The molecule has 1 saturated carbocycles. The van der Waals surface area contributed by atoms with Crippen LogP contribution in [0.4, 0.5) is 0 Å². The molecule has 0 amide bonds. The highest BCUT2D eigenvalue weighted by Crippen LogP contribution is 2.46. The minimum Gasteiger partial charge on any atom is -0.468 e. The zero-order valence-electron chi connectivity index (χ0n) is 12.7. The SMILES string of the molecule is COC(=O)C1(Cc2ccccc2)CC2(CCC1=O)OCCO2. The molecule has 118 valence electrons. The molecule has 3 rings (SSSR count). The summed E-state index contributed by atoms with van der Waals surface area (Å²) in [5.74, 6) is -1.41. The lowest BCUT2D eigenvalue weighted by Crippen LogP contribution is -2.53. The fraction of sp³-hybridized carbons (Fsp3) is 0.529. The number of carbonyl (C=O) groups excluding carboxylic acids is 2. The van der Waals surface area contributed by atoms with Gasteiger partial charge in [-0.1, -0.05) is 30.3 Å². The summed E-state index contributed by atoms with van der Waals surface area (Å²) < 4.78 is 16.4.